The molecule has 0 saturated carbocycles. The average molecular weight is 361 g/mol. The number of aromatic nitrogens is 4. The molecule has 1 fully saturated rings. The van der Waals surface area contributed by atoms with E-state index in [0.717, 1.165) is 24.7 Å². The number of nitrogens with zero attached hydrogens (tertiary/aromatic N) is 4. The molecule has 0 bridgehead atoms. The molecule has 0 spiro atoms. The molecule has 142 valence electrons. The largest absolute Gasteiger partial charge is 0.497 e. The van der Waals surface area contributed by atoms with Gasteiger partial charge in [0.05, 0.1) is 19.2 Å². The van der Waals surface area contributed by atoms with E-state index in [9.17, 15) is 0 Å². The predicted molar refractivity (Wildman–Crippen MR) is 99.6 cm³/mol. The van der Waals surface area contributed by atoms with Crippen molar-refractivity contribution in [3.8, 4) is 5.75 Å². The summed E-state index contributed by atoms with van der Waals surface area (Å²) in [5.74, 6) is 1.82. The fraction of sp³-hybridized carbons (Fsp3) is 0.632. The number of methoxy groups -OCH3 is 1. The number of piperazine rings is 1. The van der Waals surface area contributed by atoms with Crippen LogP contribution in [0.3, 0.4) is 0 Å². The van der Waals surface area contributed by atoms with Crippen LogP contribution in [0.1, 0.15) is 45.1 Å². The molecule has 2 N–H and O–H groups in total. The molecule has 0 radical (unpaired) electrons. The first kappa shape index (κ1) is 18.8. The SMILES string of the molecule is CC[NH+]1CC[NH+]([C@@H](c2ccc(OC)cc2)c2nnnn2C(C)(C)C)CC1. The molecule has 2 aromatic rings. The molecule has 26 heavy (non-hydrogen) atoms. The second kappa shape index (κ2) is 7.72. The maximum atomic E-state index is 5.34. The second-order valence-electron chi connectivity index (χ2n) is 8.09. The summed E-state index contributed by atoms with van der Waals surface area (Å²) >= 11 is 0. The van der Waals surface area contributed by atoms with Crippen molar-refractivity contribution in [3.05, 3.63) is 35.7 Å². The lowest BCUT2D eigenvalue weighted by molar-refractivity contribution is -1.02. The highest BCUT2D eigenvalue weighted by Gasteiger charge is 2.37. The normalized spacial score (nSPS) is 22.2. The van der Waals surface area contributed by atoms with Crippen molar-refractivity contribution in [1.82, 2.24) is 20.2 Å². The summed E-state index contributed by atoms with van der Waals surface area (Å²) in [5.41, 5.74) is 1.08. The highest BCUT2D eigenvalue weighted by Crippen LogP contribution is 2.23. The van der Waals surface area contributed by atoms with Crippen LogP contribution < -0.4 is 14.5 Å². The van der Waals surface area contributed by atoms with Gasteiger partial charge < -0.3 is 14.5 Å². The maximum Gasteiger partial charge on any atom is 0.214 e. The molecule has 1 aliphatic heterocycles. The van der Waals surface area contributed by atoms with Crippen molar-refractivity contribution < 1.29 is 14.5 Å². The molecule has 1 saturated heterocycles. The summed E-state index contributed by atoms with van der Waals surface area (Å²) < 4.78 is 7.32. The van der Waals surface area contributed by atoms with Gasteiger partial charge >= 0.3 is 0 Å². The van der Waals surface area contributed by atoms with Gasteiger partial charge in [-0.1, -0.05) is 0 Å². The Morgan fingerprint density at radius 1 is 1.12 bits per heavy atom. The molecular weight excluding hydrogens is 328 g/mol. The third-order valence-corrected chi connectivity index (χ3v) is 5.34. The number of likely N-dealkylation sites (N-methyl/N-ethyl adjacent to an activating group) is 1. The number of nitrogens with one attached hydrogen (secondary N) is 2. The molecule has 3 rings (SSSR count). The molecule has 1 aromatic heterocycles. The number of hydrogen-bond acceptors (Lipinski definition) is 4. The van der Waals surface area contributed by atoms with Gasteiger partial charge in [-0.3, -0.25) is 0 Å². The summed E-state index contributed by atoms with van der Waals surface area (Å²) in [6.07, 6.45) is 0. The summed E-state index contributed by atoms with van der Waals surface area (Å²) in [4.78, 5) is 3.21. The summed E-state index contributed by atoms with van der Waals surface area (Å²) in [5, 5.41) is 12.8. The van der Waals surface area contributed by atoms with Crippen molar-refractivity contribution in [3.63, 3.8) is 0 Å². The lowest BCUT2D eigenvalue weighted by atomic mass is 10.0. The maximum absolute atomic E-state index is 5.34. The van der Waals surface area contributed by atoms with Gasteiger partial charge in [0.15, 0.2) is 6.04 Å². The van der Waals surface area contributed by atoms with Gasteiger partial charge in [0.1, 0.15) is 31.9 Å². The minimum Gasteiger partial charge on any atom is -0.497 e. The standard InChI is InChI=1S/C19H30N6O/c1-6-23-11-13-24(14-12-23)17(15-7-9-16(26-5)10-8-15)18-20-21-22-25(18)19(2,3)4/h7-10,17H,6,11-14H2,1-5H3/p+2/t17-/m0/s1. The highest BCUT2D eigenvalue weighted by molar-refractivity contribution is 5.30. The number of benzene rings is 1. The number of hydrogen-bond donors (Lipinski definition) is 2. The Morgan fingerprint density at radius 3 is 2.31 bits per heavy atom. The third-order valence-electron chi connectivity index (χ3n) is 5.34. The summed E-state index contributed by atoms with van der Waals surface area (Å²) in [7, 11) is 1.70. The van der Waals surface area contributed by atoms with Crippen LogP contribution in [0.2, 0.25) is 0 Å². The van der Waals surface area contributed by atoms with Crippen molar-refractivity contribution in [1.29, 1.82) is 0 Å². The molecule has 1 aromatic carbocycles. The summed E-state index contributed by atoms with van der Waals surface area (Å²) in [6.45, 7) is 14.5. The number of rotatable bonds is 5. The Kier molecular flexibility index (Phi) is 5.58. The van der Waals surface area contributed by atoms with Crippen molar-refractivity contribution in [2.75, 3.05) is 39.8 Å². The van der Waals surface area contributed by atoms with E-state index in [0.29, 0.717) is 0 Å². The van der Waals surface area contributed by atoms with E-state index in [4.69, 9.17) is 4.74 Å². The molecule has 0 amide bonds. The van der Waals surface area contributed by atoms with E-state index < -0.39 is 0 Å². The molecule has 7 nitrogen and oxygen atoms in total. The van der Waals surface area contributed by atoms with Gasteiger partial charge in [-0.15, -0.1) is 5.10 Å². The van der Waals surface area contributed by atoms with Crippen LogP contribution >= 0.6 is 0 Å². The number of quaternary nitrogens is 2. The van der Waals surface area contributed by atoms with E-state index in [1.54, 1.807) is 12.0 Å². The van der Waals surface area contributed by atoms with E-state index in [1.807, 2.05) is 16.8 Å². The molecule has 1 atom stereocenters. The van der Waals surface area contributed by atoms with E-state index >= 15 is 0 Å². The molecule has 7 heteroatoms. The van der Waals surface area contributed by atoms with Gasteiger partial charge in [-0.05, 0) is 62.4 Å². The van der Waals surface area contributed by atoms with Gasteiger partial charge in [0.25, 0.3) is 0 Å². The van der Waals surface area contributed by atoms with Crippen molar-refractivity contribution in [2.24, 2.45) is 0 Å². The highest BCUT2D eigenvalue weighted by atomic mass is 16.5. The Balaban J connectivity index is 1.98. The first-order chi connectivity index (χ1) is 12.4. The first-order valence-corrected chi connectivity index (χ1v) is 9.55. The van der Waals surface area contributed by atoms with Crippen LogP contribution in [-0.2, 0) is 5.54 Å². The summed E-state index contributed by atoms with van der Waals surface area (Å²) in [6, 6.07) is 8.49. The Hall–Kier alpha value is -1.99. The van der Waals surface area contributed by atoms with E-state index in [-0.39, 0.29) is 11.6 Å². The van der Waals surface area contributed by atoms with Gasteiger partial charge in [0.2, 0.25) is 5.82 Å². The van der Waals surface area contributed by atoms with Crippen LogP contribution in [0.25, 0.3) is 0 Å². The van der Waals surface area contributed by atoms with Gasteiger partial charge in [0, 0.05) is 5.56 Å². The van der Waals surface area contributed by atoms with Gasteiger partial charge in [-0.25, -0.2) is 4.68 Å². The fourth-order valence-corrected chi connectivity index (χ4v) is 3.78. The average Bonchev–Trinajstić information content (AvgIpc) is 3.13. The van der Waals surface area contributed by atoms with E-state index in [1.165, 1.54) is 30.1 Å². The monoisotopic (exact) mass is 360 g/mol. The third kappa shape index (κ3) is 3.88. The molecular formula is C19H32N6O+2. The van der Waals surface area contributed by atoms with E-state index in [2.05, 4.69) is 55.4 Å². The zero-order chi connectivity index (χ0) is 18.7. The lowest BCUT2D eigenvalue weighted by Gasteiger charge is -2.34. The molecule has 0 unspecified atom stereocenters. The zero-order valence-corrected chi connectivity index (χ0v) is 16.6. The van der Waals surface area contributed by atoms with Crippen molar-refractivity contribution in [2.45, 2.75) is 39.3 Å². The van der Waals surface area contributed by atoms with Crippen LogP contribution in [0.5, 0.6) is 5.75 Å². The van der Waals surface area contributed by atoms with Gasteiger partial charge in [-0.2, -0.15) is 0 Å². The Bertz CT molecular complexity index is 698. The molecule has 0 aliphatic carbocycles. The quantitative estimate of drug-likeness (QED) is 0.743. The number of ether oxygens (including phenoxy) is 1. The predicted octanol–water partition coefficient (Wildman–Crippen LogP) is -0.671. The van der Waals surface area contributed by atoms with Crippen LogP contribution in [-0.4, -0.2) is 60.0 Å². The Labute approximate surface area is 155 Å². The zero-order valence-electron chi connectivity index (χ0n) is 16.6. The van der Waals surface area contributed by atoms with Crippen LogP contribution in [0.15, 0.2) is 24.3 Å². The second-order valence-corrected chi connectivity index (χ2v) is 8.09. The Morgan fingerprint density at radius 2 is 1.77 bits per heavy atom. The minimum absolute atomic E-state index is 0.133. The fourth-order valence-electron chi connectivity index (χ4n) is 3.78. The topological polar surface area (TPSA) is 61.7 Å². The lowest BCUT2D eigenvalue weighted by Crippen LogP contribution is -3.28. The number of tetrazole rings is 1. The van der Waals surface area contributed by atoms with Crippen molar-refractivity contribution >= 4 is 0 Å². The minimum atomic E-state index is -0.153. The van der Waals surface area contributed by atoms with Crippen LogP contribution in [0.4, 0.5) is 0 Å². The molecule has 2 heterocycles. The molecule has 1 aliphatic rings. The smallest absolute Gasteiger partial charge is 0.214 e. The first-order valence-electron chi connectivity index (χ1n) is 9.55. The van der Waals surface area contributed by atoms with Crippen LogP contribution in [0, 0.1) is 0 Å².